The molecule has 0 heterocycles. The SMILES string of the molecule is CC1CCCC(O)(CNCC(O)c2ccccc2F)C1. The van der Waals surface area contributed by atoms with Crippen molar-refractivity contribution in [2.24, 2.45) is 5.92 Å². The van der Waals surface area contributed by atoms with Crippen molar-refractivity contribution in [3.8, 4) is 0 Å². The summed E-state index contributed by atoms with van der Waals surface area (Å²) in [6, 6.07) is 6.23. The summed E-state index contributed by atoms with van der Waals surface area (Å²) in [6.45, 7) is 2.85. The van der Waals surface area contributed by atoms with E-state index in [0.29, 0.717) is 18.0 Å². The van der Waals surface area contributed by atoms with Gasteiger partial charge in [-0.1, -0.05) is 38.0 Å². The predicted octanol–water partition coefficient (Wildman–Crippen LogP) is 2.39. The lowest BCUT2D eigenvalue weighted by molar-refractivity contribution is -0.0135. The van der Waals surface area contributed by atoms with E-state index in [1.54, 1.807) is 18.2 Å². The van der Waals surface area contributed by atoms with Crippen LogP contribution in [0.25, 0.3) is 0 Å². The van der Waals surface area contributed by atoms with Crippen LogP contribution in [0.1, 0.15) is 44.3 Å². The first-order valence-corrected chi connectivity index (χ1v) is 7.36. The number of aliphatic hydroxyl groups excluding tert-OH is 1. The third kappa shape index (κ3) is 4.01. The van der Waals surface area contributed by atoms with Gasteiger partial charge in [-0.05, 0) is 24.8 Å². The van der Waals surface area contributed by atoms with Gasteiger partial charge in [0.25, 0.3) is 0 Å². The fourth-order valence-corrected chi connectivity index (χ4v) is 3.09. The van der Waals surface area contributed by atoms with Crippen molar-refractivity contribution in [2.75, 3.05) is 13.1 Å². The summed E-state index contributed by atoms with van der Waals surface area (Å²) < 4.78 is 13.5. The Morgan fingerprint density at radius 1 is 1.45 bits per heavy atom. The first-order valence-electron chi connectivity index (χ1n) is 7.36. The van der Waals surface area contributed by atoms with Crippen LogP contribution >= 0.6 is 0 Å². The standard InChI is InChI=1S/C16H24FNO2/c1-12-5-4-8-16(20,9-12)11-18-10-15(19)13-6-2-3-7-14(13)17/h2-3,6-7,12,15,18-20H,4-5,8-11H2,1H3. The number of rotatable bonds is 5. The van der Waals surface area contributed by atoms with Gasteiger partial charge in [0.15, 0.2) is 0 Å². The van der Waals surface area contributed by atoms with E-state index in [4.69, 9.17) is 0 Å². The molecule has 0 aromatic heterocycles. The Balaban J connectivity index is 1.82. The van der Waals surface area contributed by atoms with Gasteiger partial charge in [0, 0.05) is 18.7 Å². The third-order valence-corrected chi connectivity index (χ3v) is 4.12. The highest BCUT2D eigenvalue weighted by atomic mass is 19.1. The van der Waals surface area contributed by atoms with Gasteiger partial charge in [0.05, 0.1) is 11.7 Å². The molecule has 1 fully saturated rings. The third-order valence-electron chi connectivity index (χ3n) is 4.12. The zero-order valence-corrected chi connectivity index (χ0v) is 12.0. The van der Waals surface area contributed by atoms with E-state index in [0.717, 1.165) is 19.3 Å². The van der Waals surface area contributed by atoms with Crippen molar-refractivity contribution in [1.82, 2.24) is 5.32 Å². The van der Waals surface area contributed by atoms with Crippen LogP contribution in [0, 0.1) is 11.7 Å². The van der Waals surface area contributed by atoms with Crippen molar-refractivity contribution in [2.45, 2.75) is 44.3 Å². The molecular weight excluding hydrogens is 257 g/mol. The van der Waals surface area contributed by atoms with Crippen LogP contribution in [0.15, 0.2) is 24.3 Å². The summed E-state index contributed by atoms with van der Waals surface area (Å²) in [5.41, 5.74) is -0.393. The Bertz CT molecular complexity index is 440. The summed E-state index contributed by atoms with van der Waals surface area (Å²) in [7, 11) is 0. The molecule has 0 spiro atoms. The second-order valence-electron chi connectivity index (χ2n) is 6.09. The maximum atomic E-state index is 13.5. The van der Waals surface area contributed by atoms with Crippen molar-refractivity contribution < 1.29 is 14.6 Å². The molecule has 20 heavy (non-hydrogen) atoms. The van der Waals surface area contributed by atoms with Gasteiger partial charge in [-0.2, -0.15) is 0 Å². The van der Waals surface area contributed by atoms with Crippen molar-refractivity contribution in [3.05, 3.63) is 35.6 Å². The van der Waals surface area contributed by atoms with E-state index >= 15 is 0 Å². The van der Waals surface area contributed by atoms with Crippen LogP contribution in [-0.2, 0) is 0 Å². The number of aliphatic hydroxyl groups is 2. The molecule has 0 aliphatic heterocycles. The molecule has 112 valence electrons. The monoisotopic (exact) mass is 281 g/mol. The summed E-state index contributed by atoms with van der Waals surface area (Å²) in [6.07, 6.45) is 2.89. The van der Waals surface area contributed by atoms with Crippen LogP contribution in [0.3, 0.4) is 0 Å². The molecule has 3 N–H and O–H groups in total. The Kier molecular flexibility index (Phi) is 5.13. The first-order chi connectivity index (χ1) is 9.50. The molecule has 3 atom stereocenters. The van der Waals surface area contributed by atoms with Gasteiger partial charge < -0.3 is 15.5 Å². The van der Waals surface area contributed by atoms with Crippen LogP contribution < -0.4 is 5.32 Å². The van der Waals surface area contributed by atoms with E-state index in [2.05, 4.69) is 12.2 Å². The predicted molar refractivity (Wildman–Crippen MR) is 76.8 cm³/mol. The van der Waals surface area contributed by atoms with E-state index in [1.807, 2.05) is 0 Å². The van der Waals surface area contributed by atoms with Crippen LogP contribution in [0.2, 0.25) is 0 Å². The lowest BCUT2D eigenvalue weighted by Gasteiger charge is -2.36. The van der Waals surface area contributed by atoms with Crippen molar-refractivity contribution in [3.63, 3.8) is 0 Å². The Morgan fingerprint density at radius 2 is 2.20 bits per heavy atom. The first kappa shape index (κ1) is 15.4. The van der Waals surface area contributed by atoms with Crippen LogP contribution in [-0.4, -0.2) is 28.9 Å². The summed E-state index contributed by atoms with van der Waals surface area (Å²) in [5.74, 6) is 0.138. The van der Waals surface area contributed by atoms with E-state index in [-0.39, 0.29) is 6.54 Å². The van der Waals surface area contributed by atoms with Gasteiger partial charge in [-0.3, -0.25) is 0 Å². The highest BCUT2D eigenvalue weighted by Crippen LogP contribution is 2.31. The molecule has 3 nitrogen and oxygen atoms in total. The number of nitrogens with one attached hydrogen (secondary N) is 1. The Hall–Kier alpha value is -0.970. The molecular formula is C16H24FNO2. The molecule has 1 aliphatic carbocycles. The fourth-order valence-electron chi connectivity index (χ4n) is 3.09. The lowest BCUT2D eigenvalue weighted by Crippen LogP contribution is -2.45. The van der Waals surface area contributed by atoms with Gasteiger partial charge in [0.2, 0.25) is 0 Å². The Labute approximate surface area is 119 Å². The zero-order valence-electron chi connectivity index (χ0n) is 12.0. The van der Waals surface area contributed by atoms with Gasteiger partial charge >= 0.3 is 0 Å². The molecule has 1 saturated carbocycles. The summed E-state index contributed by atoms with van der Waals surface area (Å²) >= 11 is 0. The molecule has 0 saturated heterocycles. The highest BCUT2D eigenvalue weighted by Gasteiger charge is 2.32. The van der Waals surface area contributed by atoms with Gasteiger partial charge in [-0.25, -0.2) is 4.39 Å². The number of benzene rings is 1. The van der Waals surface area contributed by atoms with Gasteiger partial charge in [-0.15, -0.1) is 0 Å². The molecule has 1 aliphatic rings. The van der Waals surface area contributed by atoms with E-state index in [1.165, 1.54) is 12.5 Å². The Morgan fingerprint density at radius 3 is 2.90 bits per heavy atom. The molecule has 0 radical (unpaired) electrons. The van der Waals surface area contributed by atoms with Crippen molar-refractivity contribution >= 4 is 0 Å². The lowest BCUT2D eigenvalue weighted by atomic mass is 9.79. The molecule has 3 unspecified atom stereocenters. The minimum absolute atomic E-state index is 0.248. The number of halogens is 1. The molecule has 1 aromatic rings. The molecule has 2 rings (SSSR count). The maximum absolute atomic E-state index is 13.5. The number of hydrogen-bond acceptors (Lipinski definition) is 3. The average Bonchev–Trinajstić information content (AvgIpc) is 2.38. The smallest absolute Gasteiger partial charge is 0.129 e. The van der Waals surface area contributed by atoms with E-state index < -0.39 is 17.5 Å². The van der Waals surface area contributed by atoms with Crippen molar-refractivity contribution in [1.29, 1.82) is 0 Å². The maximum Gasteiger partial charge on any atom is 0.129 e. The normalized spacial score (nSPS) is 28.3. The summed E-state index contributed by atoms with van der Waals surface area (Å²) in [5, 5.41) is 23.5. The molecule has 0 amide bonds. The number of hydrogen-bond donors (Lipinski definition) is 3. The molecule has 4 heteroatoms. The second-order valence-corrected chi connectivity index (χ2v) is 6.09. The summed E-state index contributed by atoms with van der Waals surface area (Å²) in [4.78, 5) is 0. The molecule has 0 bridgehead atoms. The highest BCUT2D eigenvalue weighted by molar-refractivity contribution is 5.19. The minimum atomic E-state index is -0.888. The topological polar surface area (TPSA) is 52.5 Å². The zero-order chi connectivity index (χ0) is 14.6. The largest absolute Gasteiger partial charge is 0.389 e. The van der Waals surface area contributed by atoms with Crippen LogP contribution in [0.4, 0.5) is 4.39 Å². The van der Waals surface area contributed by atoms with Gasteiger partial charge in [0.1, 0.15) is 5.82 Å². The van der Waals surface area contributed by atoms with E-state index in [9.17, 15) is 14.6 Å². The molecule has 1 aromatic carbocycles. The quantitative estimate of drug-likeness (QED) is 0.777. The average molecular weight is 281 g/mol. The fraction of sp³-hybridized carbons (Fsp3) is 0.625. The second kappa shape index (κ2) is 6.66. The minimum Gasteiger partial charge on any atom is -0.389 e. The van der Waals surface area contributed by atoms with Crippen LogP contribution in [0.5, 0.6) is 0 Å².